The van der Waals surface area contributed by atoms with Gasteiger partial charge in [0.1, 0.15) is 11.8 Å². The maximum Gasteiger partial charge on any atom is 0.407 e. The lowest BCUT2D eigenvalue weighted by Gasteiger charge is -2.36. The largest absolute Gasteiger partial charge is 0.465 e. The number of hydrogen-bond donors (Lipinski definition) is 2. The Morgan fingerprint density at radius 3 is 2.78 bits per heavy atom. The zero-order chi connectivity index (χ0) is 16.9. The number of nitrogen functional groups attached to an aromatic ring is 1. The number of nitrogens with zero attached hydrogens (tertiary/aromatic N) is 4. The second kappa shape index (κ2) is 5.36. The Balaban J connectivity index is 2.15. The number of amides is 1. The molecule has 2 aromatic rings. The molecule has 0 radical (unpaired) electrons. The molecule has 0 aliphatic carbocycles. The summed E-state index contributed by atoms with van der Waals surface area (Å²) >= 11 is 3.52. The number of nitrogens with two attached hydrogens (primary N) is 1. The first-order valence-electron chi connectivity index (χ1n) is 7.49. The minimum absolute atomic E-state index is 0.0548. The van der Waals surface area contributed by atoms with Gasteiger partial charge in [-0.3, -0.25) is 0 Å². The van der Waals surface area contributed by atoms with Gasteiger partial charge in [0.05, 0.1) is 0 Å². The normalized spacial score (nSPS) is 22.0. The quantitative estimate of drug-likeness (QED) is 0.791. The van der Waals surface area contributed by atoms with Crippen molar-refractivity contribution in [1.29, 1.82) is 0 Å². The molecule has 3 N–H and O–H groups in total. The van der Waals surface area contributed by atoms with Crippen LogP contribution in [0.25, 0.3) is 5.52 Å². The number of carboxylic acid groups (broad SMARTS) is 1. The number of likely N-dealkylation sites (tertiary alicyclic amines) is 1. The topological polar surface area (TPSA) is 96.8 Å². The number of fused-ring (bicyclic) bond motifs is 1. The van der Waals surface area contributed by atoms with Crippen LogP contribution in [-0.2, 0) is 0 Å². The van der Waals surface area contributed by atoms with Crippen molar-refractivity contribution in [2.24, 2.45) is 5.41 Å². The van der Waals surface area contributed by atoms with Gasteiger partial charge in [-0.1, -0.05) is 20.8 Å². The average molecular weight is 382 g/mol. The number of aromatic nitrogens is 3. The standard InChI is InChI=1S/C15H20BrN5O2/c1-15(2,3)12-8(4-5-20(12)14(22)23)10-6-9(16)11-13(17)18-7-19-21(10)11/h6-8,12H,4-5H2,1-3H3,(H,22,23)(H2,17,18,19). The molecule has 3 rings (SSSR count). The molecule has 3 heterocycles. The third-order valence-electron chi connectivity index (χ3n) is 4.47. The summed E-state index contributed by atoms with van der Waals surface area (Å²) in [6.45, 7) is 6.73. The summed E-state index contributed by atoms with van der Waals surface area (Å²) in [5.74, 6) is 0.456. The van der Waals surface area contributed by atoms with E-state index in [0.29, 0.717) is 12.4 Å². The average Bonchev–Trinajstić information content (AvgIpc) is 3.00. The van der Waals surface area contributed by atoms with E-state index < -0.39 is 6.09 Å². The van der Waals surface area contributed by atoms with E-state index >= 15 is 0 Å². The lowest BCUT2D eigenvalue weighted by atomic mass is 9.78. The molecule has 1 amide bonds. The van der Waals surface area contributed by atoms with Crippen LogP contribution in [0.5, 0.6) is 0 Å². The second-order valence-electron chi connectivity index (χ2n) is 7.00. The van der Waals surface area contributed by atoms with Gasteiger partial charge in [0, 0.05) is 28.7 Å². The molecule has 2 aromatic heterocycles. The van der Waals surface area contributed by atoms with Crippen molar-refractivity contribution in [2.45, 2.75) is 39.2 Å². The molecule has 0 aromatic carbocycles. The van der Waals surface area contributed by atoms with E-state index in [4.69, 9.17) is 5.73 Å². The Bertz CT molecular complexity index is 767. The summed E-state index contributed by atoms with van der Waals surface area (Å²) < 4.78 is 2.60. The molecule has 0 bridgehead atoms. The monoisotopic (exact) mass is 381 g/mol. The molecule has 2 atom stereocenters. The molecule has 1 aliphatic heterocycles. The highest BCUT2D eigenvalue weighted by Gasteiger charge is 2.45. The molecule has 1 aliphatic rings. The molecule has 1 fully saturated rings. The predicted octanol–water partition coefficient (Wildman–Crippen LogP) is 2.96. The highest BCUT2D eigenvalue weighted by molar-refractivity contribution is 9.10. The van der Waals surface area contributed by atoms with Crippen molar-refractivity contribution in [1.82, 2.24) is 19.5 Å². The first-order valence-corrected chi connectivity index (χ1v) is 8.28. The van der Waals surface area contributed by atoms with Crippen LogP contribution in [0.2, 0.25) is 0 Å². The van der Waals surface area contributed by atoms with Crippen molar-refractivity contribution < 1.29 is 9.90 Å². The molecule has 8 heteroatoms. The highest BCUT2D eigenvalue weighted by atomic mass is 79.9. The Labute approximate surface area is 142 Å². The van der Waals surface area contributed by atoms with E-state index in [1.165, 1.54) is 6.33 Å². The fourth-order valence-corrected chi connectivity index (χ4v) is 4.30. The smallest absolute Gasteiger partial charge is 0.407 e. The zero-order valence-corrected chi connectivity index (χ0v) is 14.9. The third-order valence-corrected chi connectivity index (χ3v) is 5.08. The van der Waals surface area contributed by atoms with E-state index in [0.717, 1.165) is 22.1 Å². The van der Waals surface area contributed by atoms with Gasteiger partial charge < -0.3 is 15.7 Å². The number of halogens is 1. The van der Waals surface area contributed by atoms with E-state index in [1.54, 1.807) is 9.42 Å². The van der Waals surface area contributed by atoms with Gasteiger partial charge >= 0.3 is 6.09 Å². The van der Waals surface area contributed by atoms with E-state index in [-0.39, 0.29) is 17.4 Å². The van der Waals surface area contributed by atoms with Crippen LogP contribution in [0.3, 0.4) is 0 Å². The van der Waals surface area contributed by atoms with Crippen LogP contribution in [-0.4, -0.2) is 43.3 Å². The molecular formula is C15H20BrN5O2. The van der Waals surface area contributed by atoms with Crippen molar-refractivity contribution in [3.8, 4) is 0 Å². The Hall–Kier alpha value is -1.83. The SMILES string of the molecule is CC(C)(C)C1C(c2cc(Br)c3c(N)ncnn23)CCN1C(=O)O. The number of hydrogen-bond acceptors (Lipinski definition) is 4. The van der Waals surface area contributed by atoms with Crippen molar-refractivity contribution in [2.75, 3.05) is 12.3 Å². The summed E-state index contributed by atoms with van der Waals surface area (Å²) in [7, 11) is 0. The first kappa shape index (κ1) is 16.0. The van der Waals surface area contributed by atoms with Crippen LogP contribution in [0.1, 0.15) is 38.8 Å². The molecule has 1 saturated heterocycles. The maximum absolute atomic E-state index is 11.6. The lowest BCUT2D eigenvalue weighted by molar-refractivity contribution is 0.101. The summed E-state index contributed by atoms with van der Waals surface area (Å²) in [6, 6.07) is 1.86. The molecule has 0 spiro atoms. The highest BCUT2D eigenvalue weighted by Crippen LogP contribution is 2.44. The summed E-state index contributed by atoms with van der Waals surface area (Å²) in [6.07, 6.45) is 1.31. The summed E-state index contributed by atoms with van der Waals surface area (Å²) in [4.78, 5) is 17.2. The summed E-state index contributed by atoms with van der Waals surface area (Å²) in [5.41, 5.74) is 7.46. The Morgan fingerprint density at radius 2 is 2.17 bits per heavy atom. The first-order chi connectivity index (χ1) is 10.7. The number of carbonyl (C=O) groups is 1. The van der Waals surface area contributed by atoms with E-state index in [2.05, 4.69) is 46.8 Å². The predicted molar refractivity (Wildman–Crippen MR) is 90.4 cm³/mol. The minimum atomic E-state index is -0.874. The number of anilines is 1. The fourth-order valence-electron chi connectivity index (χ4n) is 3.70. The molecule has 7 nitrogen and oxygen atoms in total. The van der Waals surface area contributed by atoms with Crippen LogP contribution >= 0.6 is 15.9 Å². The molecular weight excluding hydrogens is 362 g/mol. The Kier molecular flexibility index (Phi) is 3.74. The van der Waals surface area contributed by atoms with Gasteiger partial charge in [-0.2, -0.15) is 5.10 Å². The molecule has 2 unspecified atom stereocenters. The summed E-state index contributed by atoms with van der Waals surface area (Å²) in [5, 5.41) is 13.9. The van der Waals surface area contributed by atoms with Crippen LogP contribution in [0.4, 0.5) is 10.6 Å². The van der Waals surface area contributed by atoms with Crippen molar-refractivity contribution in [3.63, 3.8) is 0 Å². The fraction of sp³-hybridized carbons (Fsp3) is 0.533. The van der Waals surface area contributed by atoms with Gasteiger partial charge in [0.2, 0.25) is 0 Å². The van der Waals surface area contributed by atoms with Gasteiger partial charge in [0.25, 0.3) is 0 Å². The lowest BCUT2D eigenvalue weighted by Crippen LogP contribution is -2.45. The van der Waals surface area contributed by atoms with Crippen molar-refractivity contribution >= 4 is 33.4 Å². The van der Waals surface area contributed by atoms with E-state index in [1.807, 2.05) is 6.07 Å². The number of rotatable bonds is 1. The molecule has 0 saturated carbocycles. The van der Waals surface area contributed by atoms with Gasteiger partial charge in [-0.25, -0.2) is 14.3 Å². The van der Waals surface area contributed by atoms with Gasteiger partial charge in [0.15, 0.2) is 5.82 Å². The minimum Gasteiger partial charge on any atom is -0.465 e. The van der Waals surface area contributed by atoms with E-state index in [9.17, 15) is 9.90 Å². The van der Waals surface area contributed by atoms with Gasteiger partial charge in [-0.05, 0) is 33.8 Å². The van der Waals surface area contributed by atoms with Gasteiger partial charge in [-0.15, -0.1) is 0 Å². The second-order valence-corrected chi connectivity index (χ2v) is 7.86. The molecule has 124 valence electrons. The maximum atomic E-state index is 11.6. The van der Waals surface area contributed by atoms with Crippen LogP contribution in [0.15, 0.2) is 16.9 Å². The Morgan fingerprint density at radius 1 is 1.48 bits per heavy atom. The van der Waals surface area contributed by atoms with Crippen molar-refractivity contribution in [3.05, 3.63) is 22.6 Å². The molecule has 23 heavy (non-hydrogen) atoms. The van der Waals surface area contributed by atoms with Crippen LogP contribution in [0, 0.1) is 5.41 Å². The zero-order valence-electron chi connectivity index (χ0n) is 13.3. The third kappa shape index (κ3) is 2.54. The van der Waals surface area contributed by atoms with Crippen LogP contribution < -0.4 is 5.73 Å².